The average molecular weight is 258 g/mol. The van der Waals surface area contributed by atoms with Gasteiger partial charge in [0.1, 0.15) is 6.10 Å². The van der Waals surface area contributed by atoms with E-state index < -0.39 is 5.91 Å². The maximum atomic E-state index is 11.1. The summed E-state index contributed by atoms with van der Waals surface area (Å²) in [5.41, 5.74) is 5.44. The largest absolute Gasteiger partial charge is 0.488 e. The van der Waals surface area contributed by atoms with Gasteiger partial charge < -0.3 is 15.8 Å². The number of nitrogens with two attached hydrogens (primary N) is 1. The highest BCUT2D eigenvalue weighted by Crippen LogP contribution is 2.19. The summed E-state index contributed by atoms with van der Waals surface area (Å²) in [5, 5.41) is 3.25. The Bertz CT molecular complexity index is 381. The minimum Gasteiger partial charge on any atom is -0.488 e. The number of nitrogens with one attached hydrogen (secondary N) is 1. The summed E-state index contributed by atoms with van der Waals surface area (Å²) < 4.78 is 5.74. The van der Waals surface area contributed by atoms with Gasteiger partial charge in [-0.2, -0.15) is 0 Å². The van der Waals surface area contributed by atoms with Gasteiger partial charge in [-0.1, -0.05) is 0 Å². The van der Waals surface area contributed by atoms with E-state index in [9.17, 15) is 4.79 Å². The van der Waals surface area contributed by atoms with Crippen LogP contribution in [0.3, 0.4) is 0 Å². The van der Waals surface area contributed by atoms with Gasteiger partial charge >= 0.3 is 0 Å². The van der Waals surface area contributed by atoms with Gasteiger partial charge in [0.2, 0.25) is 0 Å². The van der Waals surface area contributed by atoms with Crippen LogP contribution in [0.4, 0.5) is 0 Å². The Morgan fingerprint density at radius 1 is 1.47 bits per heavy atom. The van der Waals surface area contributed by atoms with Crippen LogP contribution in [0.2, 0.25) is 0 Å². The fourth-order valence-corrected chi connectivity index (χ4v) is 1.76. The highest BCUT2D eigenvalue weighted by Gasteiger charge is 2.18. The van der Waals surface area contributed by atoms with Crippen molar-refractivity contribution in [2.24, 2.45) is 5.73 Å². The van der Waals surface area contributed by atoms with Crippen molar-refractivity contribution >= 4 is 18.3 Å². The van der Waals surface area contributed by atoms with Crippen LogP contribution in [0.25, 0.3) is 0 Å². The predicted octanol–water partition coefficient (Wildman–Crippen LogP) is 0.733. The molecule has 1 aliphatic rings. The summed E-state index contributed by atoms with van der Waals surface area (Å²) >= 11 is 0. The second-order valence-electron chi connectivity index (χ2n) is 3.78. The molecule has 0 aromatic carbocycles. The number of ether oxygens (including phenoxy) is 1. The fraction of sp³-hybridized carbons (Fsp3) is 0.455. The molecule has 1 aromatic heterocycles. The van der Waals surface area contributed by atoms with Crippen molar-refractivity contribution in [3.63, 3.8) is 0 Å². The Hall–Kier alpha value is -1.33. The summed E-state index contributed by atoms with van der Waals surface area (Å²) in [7, 11) is 0. The molecular formula is C11H16ClN3O2. The molecule has 17 heavy (non-hydrogen) atoms. The molecule has 0 saturated carbocycles. The number of piperidine rings is 1. The van der Waals surface area contributed by atoms with E-state index in [0.29, 0.717) is 5.75 Å². The molecule has 0 spiro atoms. The van der Waals surface area contributed by atoms with E-state index in [1.807, 2.05) is 0 Å². The maximum Gasteiger partial charge on any atom is 0.271 e. The fourth-order valence-electron chi connectivity index (χ4n) is 1.76. The van der Waals surface area contributed by atoms with Crippen LogP contribution in [-0.2, 0) is 0 Å². The second kappa shape index (κ2) is 6.42. The molecule has 0 unspecified atom stereocenters. The third-order valence-corrected chi connectivity index (χ3v) is 2.58. The van der Waals surface area contributed by atoms with Crippen molar-refractivity contribution in [3.05, 3.63) is 24.0 Å². The van der Waals surface area contributed by atoms with E-state index in [-0.39, 0.29) is 24.2 Å². The smallest absolute Gasteiger partial charge is 0.271 e. The number of hydrogen-bond donors (Lipinski definition) is 2. The Kier molecular flexibility index (Phi) is 5.18. The predicted molar refractivity (Wildman–Crippen MR) is 66.5 cm³/mol. The molecule has 1 fully saturated rings. The van der Waals surface area contributed by atoms with E-state index in [0.717, 1.165) is 25.9 Å². The van der Waals surface area contributed by atoms with Crippen LogP contribution in [0.1, 0.15) is 23.3 Å². The van der Waals surface area contributed by atoms with Crippen molar-refractivity contribution in [2.45, 2.75) is 18.9 Å². The molecule has 94 valence electrons. The van der Waals surface area contributed by atoms with Crippen LogP contribution in [0.5, 0.6) is 5.75 Å². The number of rotatable bonds is 3. The lowest BCUT2D eigenvalue weighted by Crippen LogP contribution is -2.34. The lowest BCUT2D eigenvalue weighted by Gasteiger charge is -2.24. The monoisotopic (exact) mass is 257 g/mol. The lowest BCUT2D eigenvalue weighted by molar-refractivity contribution is 0.0983. The molecule has 2 rings (SSSR count). The summed E-state index contributed by atoms with van der Waals surface area (Å²) in [6, 6.07) is 3.47. The minimum atomic E-state index is -0.551. The standard InChI is InChI=1S/C11H15N3O2.ClH/c12-11(15)10-9(2-1-5-14-10)16-8-3-6-13-7-4-8;/h1-2,5,8,13H,3-4,6-7H2,(H2,12,15);1H. The van der Waals surface area contributed by atoms with Crippen LogP contribution >= 0.6 is 12.4 Å². The van der Waals surface area contributed by atoms with Crippen molar-refractivity contribution in [2.75, 3.05) is 13.1 Å². The van der Waals surface area contributed by atoms with Crippen molar-refractivity contribution in [1.29, 1.82) is 0 Å². The molecule has 6 heteroatoms. The highest BCUT2D eigenvalue weighted by atomic mass is 35.5. The number of aromatic nitrogens is 1. The van der Waals surface area contributed by atoms with E-state index in [4.69, 9.17) is 10.5 Å². The SMILES string of the molecule is Cl.NC(=O)c1ncccc1OC1CCNCC1. The number of carbonyl (C=O) groups is 1. The number of halogens is 1. The van der Waals surface area contributed by atoms with Gasteiger partial charge in [0.05, 0.1) is 0 Å². The molecule has 5 nitrogen and oxygen atoms in total. The van der Waals surface area contributed by atoms with Gasteiger partial charge in [-0.15, -0.1) is 12.4 Å². The third kappa shape index (κ3) is 3.57. The van der Waals surface area contributed by atoms with Crippen molar-refractivity contribution in [1.82, 2.24) is 10.3 Å². The summed E-state index contributed by atoms with van der Waals surface area (Å²) in [6.45, 7) is 1.88. The van der Waals surface area contributed by atoms with Crippen LogP contribution in [0.15, 0.2) is 18.3 Å². The molecule has 0 radical (unpaired) electrons. The maximum absolute atomic E-state index is 11.1. The molecule has 2 heterocycles. The highest BCUT2D eigenvalue weighted by molar-refractivity contribution is 5.93. The summed E-state index contributed by atoms with van der Waals surface area (Å²) in [5.74, 6) is -0.0635. The van der Waals surface area contributed by atoms with Gasteiger partial charge in [0.15, 0.2) is 11.4 Å². The van der Waals surface area contributed by atoms with Crippen LogP contribution in [0, 0.1) is 0 Å². The van der Waals surface area contributed by atoms with Crippen LogP contribution < -0.4 is 15.8 Å². The van der Waals surface area contributed by atoms with Gasteiger partial charge in [-0.25, -0.2) is 4.98 Å². The molecule has 1 saturated heterocycles. The molecular weight excluding hydrogens is 242 g/mol. The first-order valence-corrected chi connectivity index (χ1v) is 5.39. The van der Waals surface area contributed by atoms with Crippen molar-refractivity contribution in [3.8, 4) is 5.75 Å². The Morgan fingerprint density at radius 2 is 2.18 bits per heavy atom. The summed E-state index contributed by atoms with van der Waals surface area (Å²) in [6.07, 6.45) is 3.55. The molecule has 0 atom stereocenters. The number of nitrogens with zero attached hydrogens (tertiary/aromatic N) is 1. The second-order valence-corrected chi connectivity index (χ2v) is 3.78. The van der Waals surface area contributed by atoms with E-state index in [1.165, 1.54) is 6.20 Å². The number of amides is 1. The zero-order chi connectivity index (χ0) is 11.4. The summed E-state index contributed by atoms with van der Waals surface area (Å²) in [4.78, 5) is 15.1. The normalized spacial score (nSPS) is 16.0. The van der Waals surface area contributed by atoms with E-state index >= 15 is 0 Å². The number of primary amides is 1. The molecule has 1 aromatic rings. The molecule has 0 aliphatic carbocycles. The van der Waals surface area contributed by atoms with Gasteiger partial charge in [-0.05, 0) is 38.1 Å². The first-order valence-electron chi connectivity index (χ1n) is 5.39. The Morgan fingerprint density at radius 3 is 2.82 bits per heavy atom. The van der Waals surface area contributed by atoms with Gasteiger partial charge in [0.25, 0.3) is 5.91 Å². The Balaban J connectivity index is 0.00000144. The molecule has 1 amide bonds. The lowest BCUT2D eigenvalue weighted by atomic mass is 10.1. The Labute approximate surface area is 106 Å². The van der Waals surface area contributed by atoms with Gasteiger partial charge in [0, 0.05) is 6.20 Å². The molecule has 1 aliphatic heterocycles. The topological polar surface area (TPSA) is 77.2 Å². The number of carbonyl (C=O) groups excluding carboxylic acids is 1. The quantitative estimate of drug-likeness (QED) is 0.837. The minimum absolute atomic E-state index is 0. The zero-order valence-corrected chi connectivity index (χ0v) is 10.2. The van der Waals surface area contributed by atoms with E-state index in [2.05, 4.69) is 10.3 Å². The molecule has 3 N–H and O–H groups in total. The average Bonchev–Trinajstić information content (AvgIpc) is 2.31. The first kappa shape index (κ1) is 13.7. The number of hydrogen-bond acceptors (Lipinski definition) is 4. The van der Waals surface area contributed by atoms with Crippen molar-refractivity contribution < 1.29 is 9.53 Å². The van der Waals surface area contributed by atoms with Gasteiger partial charge in [-0.3, -0.25) is 4.79 Å². The van der Waals surface area contributed by atoms with E-state index in [1.54, 1.807) is 12.1 Å². The molecule has 0 bridgehead atoms. The van der Waals surface area contributed by atoms with Crippen LogP contribution in [-0.4, -0.2) is 30.1 Å². The first-order chi connectivity index (χ1) is 7.77. The number of pyridine rings is 1. The zero-order valence-electron chi connectivity index (χ0n) is 9.39. The third-order valence-electron chi connectivity index (χ3n) is 2.58.